The highest BCUT2D eigenvalue weighted by Gasteiger charge is 2.30. The molecule has 5 rings (SSSR count). The maximum atomic E-state index is 12.7. The smallest absolute Gasteiger partial charge is 0.225 e. The van der Waals surface area contributed by atoms with E-state index in [1.54, 1.807) is 12.5 Å². The summed E-state index contributed by atoms with van der Waals surface area (Å²) < 4.78 is 6.34. The number of carbonyl (C=O) groups is 1. The number of nitrogens with zero attached hydrogens (tertiary/aromatic N) is 4. The molecule has 0 unspecified atom stereocenters. The minimum absolute atomic E-state index is 0.142. The van der Waals surface area contributed by atoms with Gasteiger partial charge >= 0.3 is 0 Å². The Bertz CT molecular complexity index is 1170. The number of pyridine rings is 1. The van der Waals surface area contributed by atoms with E-state index in [0.717, 1.165) is 78.3 Å². The third-order valence-electron chi connectivity index (χ3n) is 6.97. The number of amides is 1. The van der Waals surface area contributed by atoms with Crippen LogP contribution in [0.3, 0.4) is 0 Å². The van der Waals surface area contributed by atoms with E-state index in [-0.39, 0.29) is 12.0 Å². The molecule has 8 heteroatoms. The van der Waals surface area contributed by atoms with Gasteiger partial charge in [0.15, 0.2) is 0 Å². The largest absolute Gasteiger partial charge is 0.490 e. The van der Waals surface area contributed by atoms with Gasteiger partial charge in [0.1, 0.15) is 29.8 Å². The monoisotopic (exact) mass is 460 g/mol. The highest BCUT2D eigenvalue weighted by atomic mass is 16.5. The second kappa shape index (κ2) is 9.83. The van der Waals surface area contributed by atoms with Crippen LogP contribution in [0.15, 0.2) is 36.8 Å². The molecule has 2 N–H and O–H groups in total. The first-order valence-electron chi connectivity index (χ1n) is 12.2. The minimum Gasteiger partial charge on any atom is -0.490 e. The number of hydrogen-bond acceptors (Lipinski definition) is 7. The fourth-order valence-corrected chi connectivity index (χ4v) is 5.00. The van der Waals surface area contributed by atoms with Gasteiger partial charge < -0.3 is 20.3 Å². The van der Waals surface area contributed by atoms with Gasteiger partial charge in [-0.25, -0.2) is 15.0 Å². The molecule has 2 aliphatic rings. The van der Waals surface area contributed by atoms with Crippen LogP contribution >= 0.6 is 0 Å². The maximum absolute atomic E-state index is 12.7. The van der Waals surface area contributed by atoms with Crippen molar-refractivity contribution >= 4 is 34.1 Å². The number of carbonyl (C=O) groups excluding carboxylic acids is 1. The second-order valence-corrected chi connectivity index (χ2v) is 9.29. The lowest BCUT2D eigenvalue weighted by Crippen LogP contribution is -2.44. The standard InChI is InChI=1S/C26H32N6O2/c1-17-13-19(31-25-21-14-24(27-2)28-15-22(21)29-16-30-25)7-8-23(17)34-20-9-11-32(12-10-20)26(33)18-5-3-4-6-18/h7-8,13-16,18,20H,3-6,9-12H2,1-2H3,(H,27,28)(H,29,30,31). The second-order valence-electron chi connectivity index (χ2n) is 9.29. The zero-order chi connectivity index (χ0) is 23.5. The summed E-state index contributed by atoms with van der Waals surface area (Å²) in [6.07, 6.45) is 9.70. The average molecular weight is 461 g/mol. The zero-order valence-electron chi connectivity index (χ0n) is 19.9. The molecule has 0 bridgehead atoms. The molecule has 2 aromatic heterocycles. The van der Waals surface area contributed by atoms with Crippen molar-refractivity contribution in [1.82, 2.24) is 19.9 Å². The van der Waals surface area contributed by atoms with E-state index in [1.165, 1.54) is 12.8 Å². The fourth-order valence-electron chi connectivity index (χ4n) is 5.00. The molecule has 1 saturated heterocycles. The summed E-state index contributed by atoms with van der Waals surface area (Å²) in [5.74, 6) is 3.00. The van der Waals surface area contributed by atoms with E-state index in [1.807, 2.05) is 25.2 Å². The predicted octanol–water partition coefficient (Wildman–Crippen LogP) is 4.68. The van der Waals surface area contributed by atoms with Crippen LogP contribution in [-0.4, -0.2) is 52.0 Å². The van der Waals surface area contributed by atoms with Crippen LogP contribution in [0.2, 0.25) is 0 Å². The van der Waals surface area contributed by atoms with Crippen molar-refractivity contribution in [2.75, 3.05) is 30.8 Å². The van der Waals surface area contributed by atoms with Gasteiger partial charge in [-0.15, -0.1) is 0 Å². The number of anilines is 3. The molecule has 1 saturated carbocycles. The van der Waals surface area contributed by atoms with Crippen molar-refractivity contribution in [2.45, 2.75) is 51.6 Å². The normalized spacial score (nSPS) is 17.2. The van der Waals surface area contributed by atoms with E-state index in [2.05, 4.69) is 43.5 Å². The first kappa shape index (κ1) is 22.4. The quantitative estimate of drug-likeness (QED) is 0.552. The minimum atomic E-state index is 0.142. The number of ether oxygens (including phenoxy) is 1. The molecule has 0 radical (unpaired) electrons. The van der Waals surface area contributed by atoms with E-state index in [0.29, 0.717) is 5.91 Å². The Morgan fingerprint density at radius 1 is 1.06 bits per heavy atom. The van der Waals surface area contributed by atoms with Crippen LogP contribution in [0.5, 0.6) is 5.75 Å². The van der Waals surface area contributed by atoms with Crippen molar-refractivity contribution in [1.29, 1.82) is 0 Å². The van der Waals surface area contributed by atoms with Gasteiger partial charge in [0, 0.05) is 50.0 Å². The Labute approximate surface area is 200 Å². The zero-order valence-corrected chi connectivity index (χ0v) is 19.9. The molecule has 0 spiro atoms. The number of nitrogens with one attached hydrogen (secondary N) is 2. The molecule has 8 nitrogen and oxygen atoms in total. The van der Waals surface area contributed by atoms with Gasteiger partial charge in [-0.3, -0.25) is 4.79 Å². The number of aromatic nitrogens is 3. The van der Waals surface area contributed by atoms with Gasteiger partial charge in [-0.2, -0.15) is 0 Å². The van der Waals surface area contributed by atoms with Gasteiger partial charge in [0.05, 0.1) is 11.7 Å². The lowest BCUT2D eigenvalue weighted by atomic mass is 10.0. The van der Waals surface area contributed by atoms with Crippen molar-refractivity contribution in [2.24, 2.45) is 5.92 Å². The molecule has 3 aromatic rings. The number of fused-ring (bicyclic) bond motifs is 1. The molecule has 2 fully saturated rings. The summed E-state index contributed by atoms with van der Waals surface area (Å²) in [5.41, 5.74) is 2.78. The molecule has 3 heterocycles. The molecule has 1 aromatic carbocycles. The first-order chi connectivity index (χ1) is 16.6. The van der Waals surface area contributed by atoms with Crippen LogP contribution in [0.4, 0.5) is 17.3 Å². The maximum Gasteiger partial charge on any atom is 0.225 e. The van der Waals surface area contributed by atoms with E-state index in [4.69, 9.17) is 4.74 Å². The summed E-state index contributed by atoms with van der Waals surface area (Å²) in [5, 5.41) is 7.37. The number of hydrogen-bond donors (Lipinski definition) is 2. The van der Waals surface area contributed by atoms with Crippen LogP contribution in [0, 0.1) is 12.8 Å². The average Bonchev–Trinajstić information content (AvgIpc) is 3.41. The molecule has 34 heavy (non-hydrogen) atoms. The van der Waals surface area contributed by atoms with Crippen molar-refractivity contribution in [3.63, 3.8) is 0 Å². The van der Waals surface area contributed by atoms with E-state index < -0.39 is 0 Å². The number of aryl methyl sites for hydroxylation is 1. The molecular weight excluding hydrogens is 428 g/mol. The predicted molar refractivity (Wildman–Crippen MR) is 134 cm³/mol. The molecule has 1 aliphatic heterocycles. The van der Waals surface area contributed by atoms with E-state index in [9.17, 15) is 4.79 Å². The summed E-state index contributed by atoms with van der Waals surface area (Å²) in [7, 11) is 1.84. The number of rotatable bonds is 6. The molecule has 178 valence electrons. The highest BCUT2D eigenvalue weighted by molar-refractivity contribution is 5.91. The van der Waals surface area contributed by atoms with Crippen molar-refractivity contribution < 1.29 is 9.53 Å². The topological polar surface area (TPSA) is 92.3 Å². The van der Waals surface area contributed by atoms with Gasteiger partial charge in [0.2, 0.25) is 5.91 Å². The third-order valence-corrected chi connectivity index (χ3v) is 6.97. The lowest BCUT2D eigenvalue weighted by molar-refractivity contribution is -0.137. The summed E-state index contributed by atoms with van der Waals surface area (Å²) in [4.78, 5) is 27.8. The molecular formula is C26H32N6O2. The summed E-state index contributed by atoms with van der Waals surface area (Å²) >= 11 is 0. The van der Waals surface area contributed by atoms with Crippen molar-refractivity contribution in [3.8, 4) is 5.75 Å². The SMILES string of the molecule is CNc1cc2c(Nc3ccc(OC4CCN(C(=O)C5CCCC5)CC4)c(C)c3)ncnc2cn1. The Balaban J connectivity index is 1.22. The Morgan fingerprint density at radius 3 is 2.59 bits per heavy atom. The molecule has 0 atom stereocenters. The van der Waals surface area contributed by atoms with Crippen LogP contribution in [0.1, 0.15) is 44.1 Å². The summed E-state index contributed by atoms with van der Waals surface area (Å²) in [6, 6.07) is 8.03. The van der Waals surface area contributed by atoms with Gasteiger partial charge in [-0.05, 0) is 49.6 Å². The van der Waals surface area contributed by atoms with Crippen LogP contribution in [-0.2, 0) is 4.79 Å². The Hall–Kier alpha value is -3.42. The van der Waals surface area contributed by atoms with Gasteiger partial charge in [0.25, 0.3) is 0 Å². The number of likely N-dealkylation sites (tertiary alicyclic amines) is 1. The number of benzene rings is 1. The number of piperidine rings is 1. The Kier molecular flexibility index (Phi) is 6.47. The first-order valence-corrected chi connectivity index (χ1v) is 12.2. The van der Waals surface area contributed by atoms with Crippen LogP contribution in [0.25, 0.3) is 10.9 Å². The van der Waals surface area contributed by atoms with E-state index >= 15 is 0 Å². The van der Waals surface area contributed by atoms with Crippen molar-refractivity contribution in [3.05, 3.63) is 42.4 Å². The Morgan fingerprint density at radius 2 is 1.85 bits per heavy atom. The van der Waals surface area contributed by atoms with Crippen LogP contribution < -0.4 is 15.4 Å². The van der Waals surface area contributed by atoms with Gasteiger partial charge in [-0.1, -0.05) is 12.8 Å². The molecule has 1 amide bonds. The fraction of sp³-hybridized carbons (Fsp3) is 0.462. The molecule has 1 aliphatic carbocycles. The highest BCUT2D eigenvalue weighted by Crippen LogP contribution is 2.31. The summed E-state index contributed by atoms with van der Waals surface area (Å²) in [6.45, 7) is 3.65. The third kappa shape index (κ3) is 4.76. The lowest BCUT2D eigenvalue weighted by Gasteiger charge is -2.34.